The molecule has 1 amide bonds. The zero-order valence-electron chi connectivity index (χ0n) is 12.0. The van der Waals surface area contributed by atoms with Gasteiger partial charge in [0.15, 0.2) is 0 Å². The number of nitrogens with zero attached hydrogens (tertiary/aromatic N) is 4. The molecule has 5 heteroatoms. The highest BCUT2D eigenvalue weighted by atomic mass is 16.2. The molecule has 0 saturated heterocycles. The first-order chi connectivity index (χ1) is 10.2. The van der Waals surface area contributed by atoms with Crippen LogP contribution in [0.2, 0.25) is 0 Å². The molecule has 0 bridgehead atoms. The van der Waals surface area contributed by atoms with Crippen LogP contribution in [0, 0.1) is 6.92 Å². The number of aryl methyl sites for hydroxylation is 1. The van der Waals surface area contributed by atoms with Crippen molar-refractivity contribution in [3.63, 3.8) is 0 Å². The molecule has 3 aromatic heterocycles. The van der Waals surface area contributed by atoms with E-state index in [2.05, 4.69) is 9.97 Å². The summed E-state index contributed by atoms with van der Waals surface area (Å²) in [4.78, 5) is 23.0. The van der Waals surface area contributed by atoms with Crippen LogP contribution in [0.15, 0.2) is 48.8 Å². The standard InChI is InChI=1S/C16H16N4O/c1-12-15(20-10-6-4-8-14(20)18-12)16(21)19(2)11-13-7-3-5-9-17-13/h3-10H,11H2,1-2H3. The van der Waals surface area contributed by atoms with Crippen molar-refractivity contribution in [3.05, 3.63) is 65.9 Å². The highest BCUT2D eigenvalue weighted by Crippen LogP contribution is 2.14. The van der Waals surface area contributed by atoms with E-state index in [1.54, 1.807) is 18.1 Å². The van der Waals surface area contributed by atoms with Gasteiger partial charge in [0.2, 0.25) is 0 Å². The smallest absolute Gasteiger partial charge is 0.272 e. The van der Waals surface area contributed by atoms with Gasteiger partial charge in [-0.2, -0.15) is 0 Å². The van der Waals surface area contributed by atoms with Crippen LogP contribution in [0.5, 0.6) is 0 Å². The monoisotopic (exact) mass is 280 g/mol. The molecule has 106 valence electrons. The summed E-state index contributed by atoms with van der Waals surface area (Å²) in [6.45, 7) is 2.33. The summed E-state index contributed by atoms with van der Waals surface area (Å²) in [6.07, 6.45) is 3.59. The van der Waals surface area contributed by atoms with E-state index in [9.17, 15) is 4.79 Å². The quantitative estimate of drug-likeness (QED) is 0.739. The third-order valence-electron chi connectivity index (χ3n) is 3.38. The SMILES string of the molecule is Cc1nc2ccccn2c1C(=O)N(C)Cc1ccccn1. The van der Waals surface area contributed by atoms with Gasteiger partial charge in [-0.1, -0.05) is 12.1 Å². The fourth-order valence-electron chi connectivity index (χ4n) is 2.36. The summed E-state index contributed by atoms with van der Waals surface area (Å²) in [7, 11) is 1.78. The van der Waals surface area contributed by atoms with Gasteiger partial charge in [-0.15, -0.1) is 0 Å². The highest BCUT2D eigenvalue weighted by molar-refractivity contribution is 5.94. The van der Waals surface area contributed by atoms with Gasteiger partial charge in [-0.3, -0.25) is 14.2 Å². The normalized spacial score (nSPS) is 10.8. The molecule has 0 aliphatic heterocycles. The van der Waals surface area contributed by atoms with Crippen molar-refractivity contribution in [1.29, 1.82) is 0 Å². The lowest BCUT2D eigenvalue weighted by molar-refractivity contribution is 0.0775. The van der Waals surface area contributed by atoms with E-state index in [-0.39, 0.29) is 5.91 Å². The molecule has 0 aliphatic carbocycles. The molecule has 0 aliphatic rings. The maximum Gasteiger partial charge on any atom is 0.272 e. The molecule has 0 fully saturated rings. The molecule has 0 aromatic carbocycles. The van der Waals surface area contributed by atoms with Crippen LogP contribution in [0.1, 0.15) is 21.9 Å². The molecule has 0 N–H and O–H groups in total. The summed E-state index contributed by atoms with van der Waals surface area (Å²) < 4.78 is 1.83. The maximum absolute atomic E-state index is 12.7. The molecule has 5 nitrogen and oxygen atoms in total. The Morgan fingerprint density at radius 1 is 1.24 bits per heavy atom. The first-order valence-corrected chi connectivity index (χ1v) is 6.76. The largest absolute Gasteiger partial charge is 0.334 e. The van der Waals surface area contributed by atoms with Gasteiger partial charge in [0.1, 0.15) is 11.3 Å². The Labute approximate surface area is 122 Å². The third-order valence-corrected chi connectivity index (χ3v) is 3.38. The van der Waals surface area contributed by atoms with Gasteiger partial charge < -0.3 is 4.90 Å². The number of fused-ring (bicyclic) bond motifs is 1. The average Bonchev–Trinajstić information content (AvgIpc) is 2.83. The molecule has 0 radical (unpaired) electrons. The molecule has 21 heavy (non-hydrogen) atoms. The van der Waals surface area contributed by atoms with Crippen LogP contribution in [0.3, 0.4) is 0 Å². The van der Waals surface area contributed by atoms with Crippen LogP contribution < -0.4 is 0 Å². The Hall–Kier alpha value is -2.69. The first kappa shape index (κ1) is 13.3. The van der Waals surface area contributed by atoms with Crippen molar-refractivity contribution >= 4 is 11.6 Å². The fraction of sp³-hybridized carbons (Fsp3) is 0.188. The first-order valence-electron chi connectivity index (χ1n) is 6.76. The number of hydrogen-bond acceptors (Lipinski definition) is 3. The topological polar surface area (TPSA) is 50.5 Å². The number of aromatic nitrogens is 3. The van der Waals surface area contributed by atoms with Crippen molar-refractivity contribution in [1.82, 2.24) is 19.3 Å². The number of carbonyl (C=O) groups is 1. The minimum absolute atomic E-state index is 0.0585. The minimum atomic E-state index is -0.0585. The van der Waals surface area contributed by atoms with E-state index in [0.29, 0.717) is 12.2 Å². The zero-order chi connectivity index (χ0) is 14.8. The Morgan fingerprint density at radius 3 is 2.81 bits per heavy atom. The Morgan fingerprint density at radius 2 is 2.05 bits per heavy atom. The second-order valence-electron chi connectivity index (χ2n) is 4.96. The molecule has 0 unspecified atom stereocenters. The molecule has 3 aromatic rings. The Balaban J connectivity index is 1.91. The molecule has 3 rings (SSSR count). The van der Waals surface area contributed by atoms with Gasteiger partial charge in [0.05, 0.1) is 17.9 Å². The van der Waals surface area contributed by atoms with Crippen LogP contribution >= 0.6 is 0 Å². The fourth-order valence-corrected chi connectivity index (χ4v) is 2.36. The second kappa shape index (κ2) is 5.36. The van der Waals surface area contributed by atoms with Gasteiger partial charge in [0, 0.05) is 19.4 Å². The summed E-state index contributed by atoms with van der Waals surface area (Å²) in [5, 5.41) is 0. The lowest BCUT2D eigenvalue weighted by Gasteiger charge is -2.16. The number of imidazole rings is 1. The molecular formula is C16H16N4O. The van der Waals surface area contributed by atoms with Gasteiger partial charge >= 0.3 is 0 Å². The predicted molar refractivity (Wildman–Crippen MR) is 80.0 cm³/mol. The third kappa shape index (κ3) is 2.50. The second-order valence-corrected chi connectivity index (χ2v) is 4.96. The van der Waals surface area contributed by atoms with Gasteiger partial charge in [-0.25, -0.2) is 4.98 Å². The minimum Gasteiger partial charge on any atom is -0.334 e. The zero-order valence-corrected chi connectivity index (χ0v) is 12.0. The van der Waals surface area contributed by atoms with E-state index in [1.807, 2.05) is 53.9 Å². The molecule has 3 heterocycles. The highest BCUT2D eigenvalue weighted by Gasteiger charge is 2.20. The van der Waals surface area contributed by atoms with Crippen molar-refractivity contribution in [2.24, 2.45) is 0 Å². The van der Waals surface area contributed by atoms with Crippen molar-refractivity contribution in [2.45, 2.75) is 13.5 Å². The van der Waals surface area contributed by atoms with Gasteiger partial charge in [-0.05, 0) is 31.2 Å². The number of pyridine rings is 2. The van der Waals surface area contributed by atoms with Crippen LogP contribution in [0.4, 0.5) is 0 Å². The molecule has 0 saturated carbocycles. The van der Waals surface area contributed by atoms with Crippen LogP contribution in [-0.2, 0) is 6.54 Å². The van der Waals surface area contributed by atoms with Crippen LogP contribution in [0.25, 0.3) is 5.65 Å². The number of amides is 1. The van der Waals surface area contributed by atoms with E-state index < -0.39 is 0 Å². The predicted octanol–water partition coefficient (Wildman–Crippen LogP) is 2.31. The van der Waals surface area contributed by atoms with E-state index >= 15 is 0 Å². The average molecular weight is 280 g/mol. The molecule has 0 atom stereocenters. The van der Waals surface area contributed by atoms with E-state index in [1.165, 1.54) is 0 Å². The van der Waals surface area contributed by atoms with Gasteiger partial charge in [0.25, 0.3) is 5.91 Å². The van der Waals surface area contributed by atoms with Crippen molar-refractivity contribution in [2.75, 3.05) is 7.05 Å². The summed E-state index contributed by atoms with van der Waals surface area (Å²) >= 11 is 0. The van der Waals surface area contributed by atoms with E-state index in [4.69, 9.17) is 0 Å². The van der Waals surface area contributed by atoms with Crippen LogP contribution in [-0.4, -0.2) is 32.2 Å². The summed E-state index contributed by atoms with van der Waals surface area (Å²) in [6, 6.07) is 11.4. The molecule has 0 spiro atoms. The summed E-state index contributed by atoms with van der Waals surface area (Å²) in [5.41, 5.74) is 2.98. The summed E-state index contributed by atoms with van der Waals surface area (Å²) in [5.74, 6) is -0.0585. The number of rotatable bonds is 3. The molecular weight excluding hydrogens is 264 g/mol. The van der Waals surface area contributed by atoms with Crippen molar-refractivity contribution in [3.8, 4) is 0 Å². The lowest BCUT2D eigenvalue weighted by Crippen LogP contribution is -2.28. The van der Waals surface area contributed by atoms with Crippen molar-refractivity contribution < 1.29 is 4.79 Å². The van der Waals surface area contributed by atoms with E-state index in [0.717, 1.165) is 17.0 Å². The maximum atomic E-state index is 12.7. The number of hydrogen-bond donors (Lipinski definition) is 0. The Bertz CT molecular complexity index is 779. The lowest BCUT2D eigenvalue weighted by atomic mass is 10.3. The Kier molecular flexibility index (Phi) is 3.39. The number of carbonyl (C=O) groups excluding carboxylic acids is 1.